The zero-order valence-electron chi connectivity index (χ0n) is 9.54. The van der Waals surface area contributed by atoms with Gasteiger partial charge in [0.15, 0.2) is 0 Å². The average Bonchev–Trinajstić information content (AvgIpc) is 2.18. The molecular formula is C11H22O3. The summed E-state index contributed by atoms with van der Waals surface area (Å²) in [6.45, 7) is 7.48. The second kappa shape index (κ2) is 9.00. The number of carbonyl (C=O) groups is 1. The van der Waals surface area contributed by atoms with Crippen molar-refractivity contribution in [2.24, 2.45) is 5.92 Å². The molecule has 0 aliphatic heterocycles. The first-order valence-electron chi connectivity index (χ1n) is 5.50. The van der Waals surface area contributed by atoms with Crippen LogP contribution in [0.25, 0.3) is 0 Å². The molecule has 14 heavy (non-hydrogen) atoms. The molecule has 0 aromatic heterocycles. The summed E-state index contributed by atoms with van der Waals surface area (Å²) in [5.74, 6) is -0.191. The fraction of sp³-hybridized carbons (Fsp3) is 0.909. The second-order valence-electron chi connectivity index (χ2n) is 3.25. The number of esters is 1. The minimum Gasteiger partial charge on any atom is -0.466 e. The lowest BCUT2D eigenvalue weighted by Crippen LogP contribution is -2.22. The van der Waals surface area contributed by atoms with Gasteiger partial charge in [-0.2, -0.15) is 0 Å². The zero-order valence-corrected chi connectivity index (χ0v) is 9.54. The maximum atomic E-state index is 11.5. The minimum atomic E-state index is -0.116. The predicted molar refractivity (Wildman–Crippen MR) is 56.1 cm³/mol. The molecular weight excluding hydrogens is 180 g/mol. The highest BCUT2D eigenvalue weighted by atomic mass is 16.5. The Hall–Kier alpha value is -0.570. The van der Waals surface area contributed by atoms with E-state index in [1.165, 1.54) is 0 Å². The molecule has 0 saturated carbocycles. The Balaban J connectivity index is 3.88. The molecule has 1 unspecified atom stereocenters. The highest BCUT2D eigenvalue weighted by Crippen LogP contribution is 2.11. The average molecular weight is 202 g/mol. The Morgan fingerprint density at radius 3 is 2.43 bits per heavy atom. The number of hydrogen-bond donors (Lipinski definition) is 0. The van der Waals surface area contributed by atoms with Crippen molar-refractivity contribution in [1.82, 2.24) is 0 Å². The van der Waals surface area contributed by atoms with Crippen molar-refractivity contribution in [3.8, 4) is 0 Å². The zero-order chi connectivity index (χ0) is 10.8. The van der Waals surface area contributed by atoms with Crippen LogP contribution < -0.4 is 0 Å². The van der Waals surface area contributed by atoms with E-state index in [0.29, 0.717) is 19.8 Å². The number of ether oxygens (including phenoxy) is 2. The van der Waals surface area contributed by atoms with Crippen LogP contribution in [0.3, 0.4) is 0 Å². The normalized spacial score (nSPS) is 12.5. The molecule has 0 fully saturated rings. The van der Waals surface area contributed by atoms with Crippen LogP contribution in [0.5, 0.6) is 0 Å². The van der Waals surface area contributed by atoms with Crippen LogP contribution in [0.15, 0.2) is 0 Å². The van der Waals surface area contributed by atoms with Gasteiger partial charge in [-0.25, -0.2) is 0 Å². The summed E-state index contributed by atoms with van der Waals surface area (Å²) in [4.78, 5) is 11.5. The SMILES string of the molecule is CCCCC(COCC)C(=O)OCC. The summed E-state index contributed by atoms with van der Waals surface area (Å²) < 4.78 is 10.2. The molecule has 3 heteroatoms. The van der Waals surface area contributed by atoms with Crippen LogP contribution in [0.1, 0.15) is 40.0 Å². The first kappa shape index (κ1) is 13.4. The fourth-order valence-corrected chi connectivity index (χ4v) is 1.24. The molecule has 1 atom stereocenters. The Labute approximate surface area is 86.8 Å². The first-order valence-corrected chi connectivity index (χ1v) is 5.50. The van der Waals surface area contributed by atoms with Crippen LogP contribution in [0.4, 0.5) is 0 Å². The van der Waals surface area contributed by atoms with Crippen molar-refractivity contribution in [2.45, 2.75) is 40.0 Å². The molecule has 0 aromatic carbocycles. The van der Waals surface area contributed by atoms with E-state index in [1.54, 1.807) is 0 Å². The lowest BCUT2D eigenvalue weighted by Gasteiger charge is -2.14. The molecule has 0 N–H and O–H groups in total. The lowest BCUT2D eigenvalue weighted by atomic mass is 10.0. The van der Waals surface area contributed by atoms with E-state index in [-0.39, 0.29) is 11.9 Å². The van der Waals surface area contributed by atoms with Crippen molar-refractivity contribution in [3.63, 3.8) is 0 Å². The van der Waals surface area contributed by atoms with Gasteiger partial charge in [-0.3, -0.25) is 4.79 Å². The molecule has 0 rings (SSSR count). The first-order chi connectivity index (χ1) is 6.76. The van der Waals surface area contributed by atoms with E-state index in [4.69, 9.17) is 9.47 Å². The quantitative estimate of drug-likeness (QED) is 0.567. The highest BCUT2D eigenvalue weighted by molar-refractivity contribution is 5.72. The third kappa shape index (κ3) is 5.97. The number of hydrogen-bond acceptors (Lipinski definition) is 3. The van der Waals surface area contributed by atoms with Gasteiger partial charge >= 0.3 is 5.97 Å². The van der Waals surface area contributed by atoms with Gasteiger partial charge in [0, 0.05) is 6.61 Å². The van der Waals surface area contributed by atoms with Crippen LogP contribution in [-0.2, 0) is 14.3 Å². The summed E-state index contributed by atoms with van der Waals surface area (Å²) in [7, 11) is 0. The number of carbonyl (C=O) groups excluding carboxylic acids is 1. The van der Waals surface area contributed by atoms with Gasteiger partial charge < -0.3 is 9.47 Å². The van der Waals surface area contributed by atoms with Crippen LogP contribution in [-0.4, -0.2) is 25.8 Å². The Bertz CT molecular complexity index is 137. The van der Waals surface area contributed by atoms with E-state index in [9.17, 15) is 4.79 Å². The number of rotatable bonds is 8. The Morgan fingerprint density at radius 2 is 1.93 bits per heavy atom. The van der Waals surface area contributed by atoms with Gasteiger partial charge in [0.1, 0.15) is 0 Å². The molecule has 0 bridgehead atoms. The largest absolute Gasteiger partial charge is 0.466 e. The Kier molecular flexibility index (Phi) is 8.64. The molecule has 0 saturated heterocycles. The number of unbranched alkanes of at least 4 members (excludes halogenated alkanes) is 1. The lowest BCUT2D eigenvalue weighted by molar-refractivity contribution is -0.150. The molecule has 0 heterocycles. The molecule has 0 spiro atoms. The van der Waals surface area contributed by atoms with Crippen molar-refractivity contribution in [1.29, 1.82) is 0 Å². The second-order valence-corrected chi connectivity index (χ2v) is 3.25. The van der Waals surface area contributed by atoms with Crippen molar-refractivity contribution in [3.05, 3.63) is 0 Å². The maximum Gasteiger partial charge on any atom is 0.311 e. The predicted octanol–water partition coefficient (Wildman–Crippen LogP) is 2.39. The summed E-state index contributed by atoms with van der Waals surface area (Å²) in [5, 5.41) is 0. The minimum absolute atomic E-state index is 0.0742. The topological polar surface area (TPSA) is 35.5 Å². The molecule has 0 aliphatic rings. The van der Waals surface area contributed by atoms with Gasteiger partial charge in [-0.15, -0.1) is 0 Å². The van der Waals surface area contributed by atoms with Gasteiger partial charge in [-0.1, -0.05) is 19.8 Å². The molecule has 0 amide bonds. The smallest absolute Gasteiger partial charge is 0.311 e. The van der Waals surface area contributed by atoms with Crippen LogP contribution in [0.2, 0.25) is 0 Å². The van der Waals surface area contributed by atoms with Crippen LogP contribution >= 0.6 is 0 Å². The van der Waals surface area contributed by atoms with Crippen molar-refractivity contribution in [2.75, 3.05) is 19.8 Å². The summed E-state index contributed by atoms with van der Waals surface area (Å²) in [6.07, 6.45) is 3.02. The van der Waals surface area contributed by atoms with Gasteiger partial charge in [0.05, 0.1) is 19.1 Å². The standard InChI is InChI=1S/C11H22O3/c1-4-7-8-10(9-13-5-2)11(12)14-6-3/h10H,4-9H2,1-3H3. The summed E-state index contributed by atoms with van der Waals surface area (Å²) in [5.41, 5.74) is 0. The van der Waals surface area contributed by atoms with E-state index in [2.05, 4.69) is 6.92 Å². The third-order valence-electron chi connectivity index (χ3n) is 2.05. The maximum absolute atomic E-state index is 11.5. The molecule has 84 valence electrons. The Morgan fingerprint density at radius 1 is 1.21 bits per heavy atom. The van der Waals surface area contributed by atoms with E-state index in [0.717, 1.165) is 19.3 Å². The van der Waals surface area contributed by atoms with Gasteiger partial charge in [0.25, 0.3) is 0 Å². The molecule has 0 radical (unpaired) electrons. The summed E-state index contributed by atoms with van der Waals surface area (Å²) in [6, 6.07) is 0. The van der Waals surface area contributed by atoms with Crippen LogP contribution in [0, 0.1) is 5.92 Å². The fourth-order valence-electron chi connectivity index (χ4n) is 1.24. The monoisotopic (exact) mass is 202 g/mol. The van der Waals surface area contributed by atoms with E-state index < -0.39 is 0 Å². The van der Waals surface area contributed by atoms with Crippen molar-refractivity contribution >= 4 is 5.97 Å². The molecule has 3 nitrogen and oxygen atoms in total. The van der Waals surface area contributed by atoms with Gasteiger partial charge in [-0.05, 0) is 20.3 Å². The van der Waals surface area contributed by atoms with E-state index in [1.807, 2.05) is 13.8 Å². The van der Waals surface area contributed by atoms with E-state index >= 15 is 0 Å². The van der Waals surface area contributed by atoms with Gasteiger partial charge in [0.2, 0.25) is 0 Å². The highest BCUT2D eigenvalue weighted by Gasteiger charge is 2.18. The van der Waals surface area contributed by atoms with Crippen molar-refractivity contribution < 1.29 is 14.3 Å². The molecule has 0 aromatic rings. The third-order valence-corrected chi connectivity index (χ3v) is 2.05. The molecule has 0 aliphatic carbocycles. The summed E-state index contributed by atoms with van der Waals surface area (Å²) >= 11 is 0.